The van der Waals surface area contributed by atoms with Crippen molar-refractivity contribution in [3.8, 4) is 6.01 Å². The Balaban J connectivity index is 2.67. The number of fused-ring (bicyclic) bond motifs is 1. The molecule has 2 rings (SSSR count). The zero-order valence-electron chi connectivity index (χ0n) is 5.78. The first-order valence-corrected chi connectivity index (χ1v) is 4.12. The maximum absolute atomic E-state index is 4.91. The van der Waals surface area contributed by atoms with Gasteiger partial charge in [0.2, 0.25) is 0 Å². The summed E-state index contributed by atoms with van der Waals surface area (Å²) in [7, 11) is 0. The van der Waals surface area contributed by atoms with Gasteiger partial charge in [-0.25, -0.2) is 9.97 Å². The first-order valence-electron chi connectivity index (χ1n) is 3.04. The molecule has 2 aromatic heterocycles. The van der Waals surface area contributed by atoms with Gasteiger partial charge in [-0.2, -0.15) is 10.9 Å². The van der Waals surface area contributed by atoms with E-state index in [9.17, 15) is 0 Å². The first kappa shape index (κ1) is 7.68. The molecular formula is C5H4IN5O. The van der Waals surface area contributed by atoms with Crippen LogP contribution in [0.2, 0.25) is 0 Å². The molecule has 0 saturated carbocycles. The molecule has 0 amide bonds. The van der Waals surface area contributed by atoms with Crippen LogP contribution in [-0.4, -0.2) is 19.9 Å². The fourth-order valence-corrected chi connectivity index (χ4v) is 1.19. The van der Waals surface area contributed by atoms with Crippen LogP contribution in [0.1, 0.15) is 0 Å². The van der Waals surface area contributed by atoms with Crippen LogP contribution >= 0.6 is 22.6 Å². The normalized spacial score (nSPS) is 10.5. The molecule has 6 nitrogen and oxygen atoms in total. The summed E-state index contributed by atoms with van der Waals surface area (Å²) < 4.78 is 0.634. The number of imidazole rings is 1. The average molecular weight is 277 g/mol. The number of nitrogens with zero attached hydrogens (tertiary/aromatic N) is 3. The van der Waals surface area contributed by atoms with E-state index in [4.69, 9.17) is 5.90 Å². The largest absolute Gasteiger partial charge is 0.373 e. The summed E-state index contributed by atoms with van der Waals surface area (Å²) in [6, 6.07) is 0.237. The van der Waals surface area contributed by atoms with E-state index in [2.05, 4.69) is 24.8 Å². The summed E-state index contributed by atoms with van der Waals surface area (Å²) in [5, 5.41) is 0. The van der Waals surface area contributed by atoms with Gasteiger partial charge in [0, 0.05) is 22.6 Å². The molecule has 2 aromatic rings. The molecule has 0 aliphatic heterocycles. The van der Waals surface area contributed by atoms with Gasteiger partial charge in [-0.3, -0.25) is 0 Å². The summed E-state index contributed by atoms with van der Waals surface area (Å²) in [5.74, 6) is 4.91. The first-order chi connectivity index (χ1) is 5.79. The number of rotatable bonds is 1. The summed E-state index contributed by atoms with van der Waals surface area (Å²) in [5.41, 5.74) is 1.26. The topological polar surface area (TPSA) is 89.7 Å². The van der Waals surface area contributed by atoms with Gasteiger partial charge in [-0.15, -0.1) is 0 Å². The van der Waals surface area contributed by atoms with Crippen molar-refractivity contribution < 1.29 is 4.84 Å². The SMILES string of the molecule is NOc1nc2nc(I)ncc2[nH]1. The molecule has 0 saturated heterocycles. The highest BCUT2D eigenvalue weighted by atomic mass is 127. The number of aromatic amines is 1. The number of H-pyrrole nitrogens is 1. The van der Waals surface area contributed by atoms with Crippen molar-refractivity contribution in [2.24, 2.45) is 5.90 Å². The van der Waals surface area contributed by atoms with E-state index in [1.165, 1.54) is 0 Å². The molecule has 0 aliphatic rings. The fraction of sp³-hybridized carbons (Fsp3) is 0. The molecule has 12 heavy (non-hydrogen) atoms. The molecule has 0 spiro atoms. The molecule has 0 bridgehead atoms. The quantitative estimate of drug-likeness (QED) is 0.442. The van der Waals surface area contributed by atoms with Crippen LogP contribution in [0.5, 0.6) is 6.01 Å². The second kappa shape index (κ2) is 2.83. The van der Waals surface area contributed by atoms with Crippen molar-refractivity contribution in [3.63, 3.8) is 0 Å². The number of nitrogens with one attached hydrogen (secondary N) is 1. The Labute approximate surface area is 80.7 Å². The average Bonchev–Trinajstić information content (AvgIpc) is 2.46. The smallest absolute Gasteiger partial charge is 0.315 e. The predicted molar refractivity (Wildman–Crippen MR) is 49.2 cm³/mol. The molecule has 0 aliphatic carbocycles. The van der Waals surface area contributed by atoms with Crippen LogP contribution in [0.15, 0.2) is 6.20 Å². The van der Waals surface area contributed by atoms with E-state index in [0.717, 1.165) is 0 Å². The molecule has 0 radical (unpaired) electrons. The Bertz CT molecular complexity index is 413. The number of hydrogen-bond donors (Lipinski definition) is 2. The van der Waals surface area contributed by atoms with Gasteiger partial charge in [-0.05, 0) is 0 Å². The summed E-state index contributed by atoms with van der Waals surface area (Å²) in [6.07, 6.45) is 1.62. The molecular weight excluding hydrogens is 273 g/mol. The summed E-state index contributed by atoms with van der Waals surface area (Å²) in [6.45, 7) is 0. The number of hydrogen-bond acceptors (Lipinski definition) is 5. The van der Waals surface area contributed by atoms with E-state index >= 15 is 0 Å². The molecule has 0 unspecified atom stereocenters. The van der Waals surface area contributed by atoms with Gasteiger partial charge in [0.05, 0.1) is 6.20 Å². The van der Waals surface area contributed by atoms with Crippen LogP contribution in [-0.2, 0) is 0 Å². The van der Waals surface area contributed by atoms with Gasteiger partial charge < -0.3 is 9.82 Å². The van der Waals surface area contributed by atoms with Gasteiger partial charge >= 0.3 is 6.01 Å². The van der Waals surface area contributed by atoms with Crippen LogP contribution in [0, 0.1) is 3.83 Å². The molecule has 62 valence electrons. The highest BCUT2D eigenvalue weighted by Crippen LogP contribution is 2.12. The van der Waals surface area contributed by atoms with Crippen LogP contribution in [0.25, 0.3) is 11.2 Å². The minimum Gasteiger partial charge on any atom is -0.373 e. The van der Waals surface area contributed by atoms with Crippen LogP contribution in [0.3, 0.4) is 0 Å². The fourth-order valence-electron chi connectivity index (χ4n) is 0.821. The molecule has 2 heterocycles. The molecule has 0 aromatic carbocycles. The van der Waals surface area contributed by atoms with Gasteiger partial charge in [0.15, 0.2) is 9.48 Å². The Kier molecular flexibility index (Phi) is 1.81. The summed E-state index contributed by atoms with van der Waals surface area (Å²) >= 11 is 2.00. The lowest BCUT2D eigenvalue weighted by molar-refractivity contribution is 0.310. The van der Waals surface area contributed by atoms with Crippen molar-refractivity contribution in [3.05, 3.63) is 10.0 Å². The number of aromatic nitrogens is 4. The molecule has 0 fully saturated rings. The Morgan fingerprint density at radius 1 is 1.50 bits per heavy atom. The third kappa shape index (κ3) is 1.20. The third-order valence-electron chi connectivity index (χ3n) is 1.30. The van der Waals surface area contributed by atoms with Crippen LogP contribution in [0.4, 0.5) is 0 Å². The number of halogens is 1. The van der Waals surface area contributed by atoms with E-state index in [1.807, 2.05) is 22.6 Å². The van der Waals surface area contributed by atoms with Crippen molar-refractivity contribution >= 4 is 33.8 Å². The van der Waals surface area contributed by atoms with Crippen LogP contribution < -0.4 is 10.7 Å². The van der Waals surface area contributed by atoms with Crippen molar-refractivity contribution in [1.82, 2.24) is 19.9 Å². The highest BCUT2D eigenvalue weighted by molar-refractivity contribution is 14.1. The monoisotopic (exact) mass is 277 g/mol. The molecule has 7 heteroatoms. The van der Waals surface area contributed by atoms with Gasteiger partial charge in [0.25, 0.3) is 0 Å². The third-order valence-corrected chi connectivity index (χ3v) is 1.82. The Hall–Kier alpha value is -0.960. The predicted octanol–water partition coefficient (Wildman–Crippen LogP) is 0.210. The standard InChI is InChI=1S/C5H4IN5O/c6-4-8-1-2-3(10-4)11-5(9-2)12-7/h1H,7H2,(H,8,9,10,11). The minimum atomic E-state index is 0.237. The lowest BCUT2D eigenvalue weighted by Crippen LogP contribution is -2.02. The van der Waals surface area contributed by atoms with E-state index in [-0.39, 0.29) is 6.01 Å². The lowest BCUT2D eigenvalue weighted by atomic mass is 10.6. The zero-order chi connectivity index (χ0) is 8.55. The number of nitrogens with two attached hydrogens (primary N) is 1. The lowest BCUT2D eigenvalue weighted by Gasteiger charge is -1.85. The molecule has 0 atom stereocenters. The Morgan fingerprint density at radius 3 is 3.08 bits per heavy atom. The second-order valence-corrected chi connectivity index (χ2v) is 3.00. The van der Waals surface area contributed by atoms with E-state index in [1.54, 1.807) is 6.20 Å². The maximum Gasteiger partial charge on any atom is 0.315 e. The van der Waals surface area contributed by atoms with Gasteiger partial charge in [0.1, 0.15) is 5.52 Å². The second-order valence-electron chi connectivity index (χ2n) is 2.04. The minimum absolute atomic E-state index is 0.237. The molecule has 3 N–H and O–H groups in total. The summed E-state index contributed by atoms with van der Waals surface area (Å²) in [4.78, 5) is 19.1. The highest BCUT2D eigenvalue weighted by Gasteiger charge is 2.04. The van der Waals surface area contributed by atoms with Gasteiger partial charge in [-0.1, -0.05) is 0 Å². The maximum atomic E-state index is 4.91. The Morgan fingerprint density at radius 2 is 2.33 bits per heavy atom. The van der Waals surface area contributed by atoms with E-state index < -0.39 is 0 Å². The van der Waals surface area contributed by atoms with Crippen molar-refractivity contribution in [2.75, 3.05) is 0 Å². The zero-order valence-corrected chi connectivity index (χ0v) is 7.94. The van der Waals surface area contributed by atoms with Crippen molar-refractivity contribution in [2.45, 2.75) is 0 Å². The van der Waals surface area contributed by atoms with Crippen molar-refractivity contribution in [1.29, 1.82) is 0 Å². The van der Waals surface area contributed by atoms with E-state index in [0.29, 0.717) is 15.0 Å².